The Morgan fingerprint density at radius 2 is 1.93 bits per heavy atom. The fourth-order valence-corrected chi connectivity index (χ4v) is 2.30. The van der Waals surface area contributed by atoms with Gasteiger partial charge in [-0.2, -0.15) is 8.78 Å². The van der Waals surface area contributed by atoms with Gasteiger partial charge < -0.3 is 20.1 Å². The Morgan fingerprint density at radius 3 is 2.52 bits per heavy atom. The molecule has 2 aromatic rings. The number of aromatic nitrogens is 3. The van der Waals surface area contributed by atoms with E-state index in [1.807, 2.05) is 13.8 Å². The third-order valence-electron chi connectivity index (χ3n) is 3.71. The zero-order valence-electron chi connectivity index (χ0n) is 17.0. The van der Waals surface area contributed by atoms with Crippen molar-refractivity contribution in [2.24, 2.45) is 0 Å². The van der Waals surface area contributed by atoms with Crippen molar-refractivity contribution >= 4 is 23.2 Å². The zero-order chi connectivity index (χ0) is 21.6. The van der Waals surface area contributed by atoms with Crippen molar-refractivity contribution in [1.82, 2.24) is 15.0 Å². The quantitative estimate of drug-likeness (QED) is 0.607. The molecule has 0 aliphatic heterocycles. The number of hydrogen-bond acceptors (Lipinski definition) is 7. The summed E-state index contributed by atoms with van der Waals surface area (Å²) in [5, 5.41) is 5.55. The molecule has 0 spiro atoms. The van der Waals surface area contributed by atoms with E-state index >= 15 is 0 Å². The van der Waals surface area contributed by atoms with Gasteiger partial charge in [0, 0.05) is 38.8 Å². The van der Waals surface area contributed by atoms with E-state index in [0.29, 0.717) is 23.7 Å². The minimum absolute atomic E-state index is 0.0792. The Hall–Kier alpha value is -2.88. The standard InChI is InChI=1S/C19H25F2N5O3/c1-11(2)13-8-17(26-18(25-13)19(4,20)21)24-14-9-16(23-12(3)27)22-10-15(14)29-7-6-28-5/h8-11H,6-7H2,1-5H3,(H2,22,23,24,25,26,27). The van der Waals surface area contributed by atoms with Crippen LogP contribution in [0.3, 0.4) is 0 Å². The second kappa shape index (κ2) is 9.55. The van der Waals surface area contributed by atoms with Crippen molar-refractivity contribution in [2.75, 3.05) is 31.0 Å². The van der Waals surface area contributed by atoms with Crippen molar-refractivity contribution in [1.29, 1.82) is 0 Å². The molecule has 0 radical (unpaired) electrons. The molecule has 0 unspecified atom stereocenters. The van der Waals surface area contributed by atoms with Gasteiger partial charge in [-0.1, -0.05) is 13.8 Å². The molecule has 0 bridgehead atoms. The van der Waals surface area contributed by atoms with Gasteiger partial charge >= 0.3 is 5.92 Å². The van der Waals surface area contributed by atoms with Crippen LogP contribution in [0.25, 0.3) is 0 Å². The first kappa shape index (κ1) is 22.4. The third kappa shape index (κ3) is 6.60. The van der Waals surface area contributed by atoms with Crippen LogP contribution >= 0.6 is 0 Å². The Morgan fingerprint density at radius 1 is 1.21 bits per heavy atom. The minimum atomic E-state index is -3.20. The molecule has 8 nitrogen and oxygen atoms in total. The smallest absolute Gasteiger partial charge is 0.303 e. The fraction of sp³-hybridized carbons (Fsp3) is 0.474. The third-order valence-corrected chi connectivity index (χ3v) is 3.71. The first-order valence-electron chi connectivity index (χ1n) is 9.03. The Kier molecular flexibility index (Phi) is 7.38. The largest absolute Gasteiger partial charge is 0.487 e. The number of nitrogens with zero attached hydrogens (tertiary/aromatic N) is 3. The van der Waals surface area contributed by atoms with Crippen LogP contribution in [0.1, 0.15) is 45.1 Å². The fourth-order valence-electron chi connectivity index (χ4n) is 2.30. The maximum absolute atomic E-state index is 13.9. The summed E-state index contributed by atoms with van der Waals surface area (Å²) in [5.41, 5.74) is 0.871. The van der Waals surface area contributed by atoms with E-state index in [-0.39, 0.29) is 30.1 Å². The second-order valence-electron chi connectivity index (χ2n) is 6.76. The molecule has 0 aromatic carbocycles. The van der Waals surface area contributed by atoms with Crippen molar-refractivity contribution < 1.29 is 23.0 Å². The molecule has 0 fully saturated rings. The highest BCUT2D eigenvalue weighted by Crippen LogP contribution is 2.31. The van der Waals surface area contributed by atoms with Crippen molar-refractivity contribution in [3.63, 3.8) is 0 Å². The number of pyridine rings is 1. The minimum Gasteiger partial charge on any atom is -0.487 e. The molecule has 0 atom stereocenters. The maximum Gasteiger partial charge on any atom is 0.303 e. The Balaban J connectivity index is 2.44. The number of anilines is 3. The molecule has 2 aromatic heterocycles. The number of carbonyl (C=O) groups excluding carboxylic acids is 1. The predicted octanol–water partition coefficient (Wildman–Crippen LogP) is 3.83. The molecule has 0 aliphatic carbocycles. The van der Waals surface area contributed by atoms with Crippen LogP contribution in [0.15, 0.2) is 18.3 Å². The summed E-state index contributed by atoms with van der Waals surface area (Å²) in [6.45, 7) is 6.41. The van der Waals surface area contributed by atoms with Gasteiger partial charge in [-0.05, 0) is 5.92 Å². The van der Waals surface area contributed by atoms with Crippen LogP contribution < -0.4 is 15.4 Å². The number of nitrogens with one attached hydrogen (secondary N) is 2. The number of halogens is 2. The summed E-state index contributed by atoms with van der Waals surface area (Å²) >= 11 is 0. The molecule has 2 N–H and O–H groups in total. The summed E-state index contributed by atoms with van der Waals surface area (Å²) < 4.78 is 38.3. The van der Waals surface area contributed by atoms with Crippen LogP contribution in [-0.4, -0.2) is 41.2 Å². The lowest BCUT2D eigenvalue weighted by molar-refractivity contribution is -0.114. The normalized spacial score (nSPS) is 11.4. The van der Waals surface area contributed by atoms with E-state index < -0.39 is 11.7 Å². The predicted molar refractivity (Wildman–Crippen MR) is 105 cm³/mol. The summed E-state index contributed by atoms with van der Waals surface area (Å²) in [4.78, 5) is 23.4. The molecule has 10 heteroatoms. The van der Waals surface area contributed by atoms with E-state index in [2.05, 4.69) is 25.6 Å². The molecule has 0 saturated heterocycles. The number of rotatable bonds is 9. The SMILES string of the molecule is COCCOc1cnc(NC(C)=O)cc1Nc1cc(C(C)C)nc(C(C)(F)F)n1. The summed E-state index contributed by atoms with van der Waals surface area (Å²) in [6.07, 6.45) is 1.42. The lowest BCUT2D eigenvalue weighted by Crippen LogP contribution is -2.16. The topological polar surface area (TPSA) is 98.3 Å². The summed E-state index contributed by atoms with van der Waals surface area (Å²) in [7, 11) is 1.54. The highest BCUT2D eigenvalue weighted by molar-refractivity contribution is 5.88. The van der Waals surface area contributed by atoms with Crippen molar-refractivity contribution in [3.05, 3.63) is 29.8 Å². The van der Waals surface area contributed by atoms with Crippen LogP contribution in [0.2, 0.25) is 0 Å². The van der Waals surface area contributed by atoms with E-state index in [9.17, 15) is 13.6 Å². The van der Waals surface area contributed by atoms with Crippen LogP contribution in [0.5, 0.6) is 5.75 Å². The average Bonchev–Trinajstić information content (AvgIpc) is 2.62. The van der Waals surface area contributed by atoms with Gasteiger partial charge in [0.05, 0.1) is 18.5 Å². The molecule has 29 heavy (non-hydrogen) atoms. The number of methoxy groups -OCH3 is 1. The molecule has 2 rings (SSSR count). The molecular weight excluding hydrogens is 384 g/mol. The first-order valence-corrected chi connectivity index (χ1v) is 9.03. The van der Waals surface area contributed by atoms with E-state index in [4.69, 9.17) is 9.47 Å². The van der Waals surface area contributed by atoms with Crippen molar-refractivity contribution in [3.8, 4) is 5.75 Å². The van der Waals surface area contributed by atoms with E-state index in [0.717, 1.165) is 6.92 Å². The van der Waals surface area contributed by atoms with Gasteiger partial charge in [-0.3, -0.25) is 4.79 Å². The van der Waals surface area contributed by atoms with E-state index in [1.165, 1.54) is 19.2 Å². The highest BCUT2D eigenvalue weighted by Gasteiger charge is 2.29. The van der Waals surface area contributed by atoms with Gasteiger partial charge in [0.25, 0.3) is 0 Å². The Bertz CT molecular complexity index is 856. The van der Waals surface area contributed by atoms with Gasteiger partial charge in [0.15, 0.2) is 5.75 Å². The summed E-state index contributed by atoms with van der Waals surface area (Å²) in [5.74, 6) is -3.35. The number of carbonyl (C=O) groups is 1. The van der Waals surface area contributed by atoms with Crippen LogP contribution in [0, 0.1) is 0 Å². The summed E-state index contributed by atoms with van der Waals surface area (Å²) in [6, 6.07) is 3.13. The average molecular weight is 409 g/mol. The van der Waals surface area contributed by atoms with Crippen LogP contribution in [-0.2, 0) is 15.5 Å². The number of ether oxygens (including phenoxy) is 2. The molecule has 2 heterocycles. The molecule has 0 aliphatic rings. The van der Waals surface area contributed by atoms with Gasteiger partial charge in [-0.25, -0.2) is 15.0 Å². The van der Waals surface area contributed by atoms with Gasteiger partial charge in [0.1, 0.15) is 18.2 Å². The second-order valence-corrected chi connectivity index (χ2v) is 6.76. The first-order chi connectivity index (χ1) is 13.6. The number of amides is 1. The molecule has 0 saturated carbocycles. The van der Waals surface area contributed by atoms with E-state index in [1.54, 1.807) is 13.2 Å². The van der Waals surface area contributed by atoms with Gasteiger partial charge in [-0.15, -0.1) is 0 Å². The highest BCUT2D eigenvalue weighted by atomic mass is 19.3. The lowest BCUT2D eigenvalue weighted by atomic mass is 10.1. The molecular formula is C19H25F2N5O3. The maximum atomic E-state index is 13.9. The lowest BCUT2D eigenvalue weighted by Gasteiger charge is -2.17. The van der Waals surface area contributed by atoms with Crippen LogP contribution in [0.4, 0.5) is 26.1 Å². The zero-order valence-corrected chi connectivity index (χ0v) is 17.0. The number of alkyl halides is 2. The molecule has 1 amide bonds. The molecule has 158 valence electrons. The van der Waals surface area contributed by atoms with Crippen molar-refractivity contribution in [2.45, 2.75) is 39.5 Å². The van der Waals surface area contributed by atoms with Gasteiger partial charge in [0.2, 0.25) is 11.7 Å². The number of hydrogen-bond donors (Lipinski definition) is 2. The Labute approximate surface area is 168 Å². The monoisotopic (exact) mass is 409 g/mol.